The van der Waals surface area contributed by atoms with Crippen molar-refractivity contribution >= 4 is 75.4 Å². The number of carboxylic acids is 1. The molecular formula is C17H13Cl3N4O5S. The average molecular weight is 492 g/mol. The summed E-state index contributed by atoms with van der Waals surface area (Å²) in [6, 6.07) is 10.7. The Kier molecular flexibility index (Phi) is 7.79. The van der Waals surface area contributed by atoms with Crippen LogP contribution in [0.25, 0.3) is 0 Å². The van der Waals surface area contributed by atoms with Crippen LogP contribution in [-0.4, -0.2) is 37.0 Å². The van der Waals surface area contributed by atoms with E-state index in [2.05, 4.69) is 16.0 Å². The van der Waals surface area contributed by atoms with Crippen molar-refractivity contribution < 1.29 is 19.6 Å². The number of rotatable bonds is 6. The molecule has 0 aliphatic carbocycles. The number of halogens is 3. The quantitative estimate of drug-likeness (QED) is 0.158. The zero-order chi connectivity index (χ0) is 22.5. The Bertz CT molecular complexity index is 982. The number of carbonyl (C=O) groups is 2. The van der Waals surface area contributed by atoms with Crippen LogP contribution in [0.15, 0.2) is 48.5 Å². The van der Waals surface area contributed by atoms with Crippen molar-refractivity contribution in [3.05, 3.63) is 69.8 Å². The topological polar surface area (TPSA) is 134 Å². The second-order valence-corrected chi connectivity index (χ2v) is 8.51. The lowest BCUT2D eigenvalue weighted by Gasteiger charge is -2.27. The molecule has 0 heterocycles. The molecule has 1 atom stereocenters. The number of nitro benzene ring substituents is 1. The van der Waals surface area contributed by atoms with Crippen molar-refractivity contribution in [2.75, 3.05) is 5.32 Å². The summed E-state index contributed by atoms with van der Waals surface area (Å²) in [6.45, 7) is 0. The predicted molar refractivity (Wildman–Crippen MR) is 117 cm³/mol. The Morgan fingerprint density at radius 2 is 1.70 bits per heavy atom. The summed E-state index contributed by atoms with van der Waals surface area (Å²) < 4.78 is -2.03. The zero-order valence-corrected chi connectivity index (χ0v) is 17.8. The first-order valence-corrected chi connectivity index (χ1v) is 9.54. The molecule has 9 nitrogen and oxygen atoms in total. The van der Waals surface area contributed by atoms with Crippen LogP contribution in [-0.2, 0) is 0 Å². The van der Waals surface area contributed by atoms with Gasteiger partial charge < -0.3 is 21.1 Å². The van der Waals surface area contributed by atoms with Crippen LogP contribution >= 0.6 is 47.0 Å². The third-order valence-corrected chi connectivity index (χ3v) is 4.46. The van der Waals surface area contributed by atoms with Gasteiger partial charge in [-0.2, -0.15) is 0 Å². The van der Waals surface area contributed by atoms with Crippen LogP contribution < -0.4 is 16.0 Å². The van der Waals surface area contributed by atoms with Crippen LogP contribution in [0.2, 0.25) is 0 Å². The number of non-ortho nitro benzene ring substituents is 1. The Morgan fingerprint density at radius 3 is 2.23 bits per heavy atom. The van der Waals surface area contributed by atoms with Gasteiger partial charge in [0.05, 0.1) is 10.5 Å². The third-order valence-electron chi connectivity index (χ3n) is 3.59. The number of carbonyl (C=O) groups excluding carboxylic acids is 1. The minimum Gasteiger partial charge on any atom is -0.478 e. The van der Waals surface area contributed by atoms with E-state index in [0.717, 1.165) is 6.07 Å². The molecular weight excluding hydrogens is 479 g/mol. The van der Waals surface area contributed by atoms with Crippen molar-refractivity contribution in [2.45, 2.75) is 9.96 Å². The summed E-state index contributed by atoms with van der Waals surface area (Å²) in [7, 11) is 0. The highest BCUT2D eigenvalue weighted by Gasteiger charge is 2.35. The van der Waals surface area contributed by atoms with Gasteiger partial charge in [0.1, 0.15) is 6.17 Å². The third kappa shape index (κ3) is 6.70. The van der Waals surface area contributed by atoms with Gasteiger partial charge in [-0.3, -0.25) is 14.9 Å². The van der Waals surface area contributed by atoms with Gasteiger partial charge in [-0.1, -0.05) is 40.9 Å². The number of amides is 1. The average Bonchev–Trinajstić information content (AvgIpc) is 2.67. The van der Waals surface area contributed by atoms with Crippen molar-refractivity contribution in [1.82, 2.24) is 10.6 Å². The number of aromatic carboxylic acids is 1. The van der Waals surface area contributed by atoms with Gasteiger partial charge in [0.25, 0.3) is 11.6 Å². The van der Waals surface area contributed by atoms with E-state index in [0.29, 0.717) is 5.69 Å². The van der Waals surface area contributed by atoms with Crippen LogP contribution in [0.5, 0.6) is 0 Å². The number of anilines is 1. The first-order valence-electron chi connectivity index (χ1n) is 8.00. The molecule has 0 saturated heterocycles. The summed E-state index contributed by atoms with van der Waals surface area (Å²) >= 11 is 22.9. The fourth-order valence-corrected chi connectivity index (χ4v) is 2.73. The van der Waals surface area contributed by atoms with E-state index in [1.54, 1.807) is 0 Å². The fraction of sp³-hybridized carbons (Fsp3) is 0.118. The number of nitro groups is 1. The van der Waals surface area contributed by atoms with Gasteiger partial charge in [0, 0.05) is 23.4 Å². The van der Waals surface area contributed by atoms with Gasteiger partial charge in [-0.25, -0.2) is 4.79 Å². The number of hydrogen-bond donors (Lipinski definition) is 4. The first kappa shape index (κ1) is 23.6. The maximum absolute atomic E-state index is 12.4. The molecule has 2 rings (SSSR count). The number of thiocarbonyl (C=S) groups is 1. The fourth-order valence-electron chi connectivity index (χ4n) is 2.17. The lowest BCUT2D eigenvalue weighted by atomic mass is 10.2. The van der Waals surface area contributed by atoms with E-state index in [1.807, 2.05) is 0 Å². The summed E-state index contributed by atoms with van der Waals surface area (Å²) in [5.74, 6) is -1.82. The number of nitrogens with zero attached hydrogens (tertiary/aromatic N) is 1. The van der Waals surface area contributed by atoms with Crippen LogP contribution in [0, 0.1) is 10.1 Å². The van der Waals surface area contributed by atoms with Gasteiger partial charge in [0.2, 0.25) is 3.79 Å². The highest BCUT2D eigenvalue weighted by atomic mass is 35.6. The SMILES string of the molecule is O=C(O)c1ccc(NC(=S)NC(NC(=O)c2cccc([N+](=O)[O-])c2)C(Cl)(Cl)Cl)cc1. The second-order valence-electron chi connectivity index (χ2n) is 5.74. The molecule has 0 aliphatic heterocycles. The molecule has 13 heteroatoms. The number of hydrogen-bond acceptors (Lipinski definition) is 5. The molecule has 0 spiro atoms. The summed E-state index contributed by atoms with van der Waals surface area (Å²) in [5.41, 5.74) is 0.241. The summed E-state index contributed by atoms with van der Waals surface area (Å²) in [6.07, 6.45) is -1.30. The summed E-state index contributed by atoms with van der Waals surface area (Å²) in [4.78, 5) is 33.6. The molecule has 30 heavy (non-hydrogen) atoms. The molecule has 158 valence electrons. The van der Waals surface area contributed by atoms with E-state index < -0.39 is 26.8 Å². The number of benzene rings is 2. The van der Waals surface area contributed by atoms with E-state index in [1.165, 1.54) is 42.5 Å². The second kappa shape index (κ2) is 9.90. The highest BCUT2D eigenvalue weighted by Crippen LogP contribution is 2.29. The maximum atomic E-state index is 12.4. The lowest BCUT2D eigenvalue weighted by Crippen LogP contribution is -2.56. The molecule has 0 radical (unpaired) electrons. The van der Waals surface area contributed by atoms with E-state index >= 15 is 0 Å². The largest absolute Gasteiger partial charge is 0.478 e. The number of alkyl halides is 3. The highest BCUT2D eigenvalue weighted by molar-refractivity contribution is 7.80. The Labute approximate surface area is 190 Å². The molecule has 4 N–H and O–H groups in total. The molecule has 0 aromatic heterocycles. The molecule has 0 fully saturated rings. The molecule has 1 amide bonds. The predicted octanol–water partition coefficient (Wildman–Crippen LogP) is 3.71. The molecule has 2 aromatic rings. The normalized spacial score (nSPS) is 11.8. The van der Waals surface area contributed by atoms with Gasteiger partial charge in [-0.15, -0.1) is 0 Å². The number of nitrogens with one attached hydrogen (secondary N) is 3. The van der Waals surface area contributed by atoms with E-state index in [-0.39, 0.29) is 21.9 Å². The molecule has 0 saturated carbocycles. The van der Waals surface area contributed by atoms with Gasteiger partial charge in [-0.05, 0) is 42.5 Å². The molecule has 1 unspecified atom stereocenters. The Hall–Kier alpha value is -2.66. The van der Waals surface area contributed by atoms with E-state index in [4.69, 9.17) is 52.1 Å². The monoisotopic (exact) mass is 490 g/mol. The lowest BCUT2D eigenvalue weighted by molar-refractivity contribution is -0.384. The Morgan fingerprint density at radius 1 is 1.07 bits per heavy atom. The molecule has 0 aliphatic rings. The van der Waals surface area contributed by atoms with Crippen LogP contribution in [0.1, 0.15) is 20.7 Å². The van der Waals surface area contributed by atoms with Gasteiger partial charge in [0.15, 0.2) is 5.11 Å². The number of carboxylic acid groups (broad SMARTS) is 1. The molecule has 0 bridgehead atoms. The minimum atomic E-state index is -2.03. The summed E-state index contributed by atoms with van der Waals surface area (Å²) in [5, 5.41) is 27.5. The van der Waals surface area contributed by atoms with Gasteiger partial charge >= 0.3 is 5.97 Å². The van der Waals surface area contributed by atoms with Crippen molar-refractivity contribution in [2.24, 2.45) is 0 Å². The smallest absolute Gasteiger partial charge is 0.335 e. The van der Waals surface area contributed by atoms with Crippen molar-refractivity contribution in [3.63, 3.8) is 0 Å². The molecule has 2 aromatic carbocycles. The van der Waals surface area contributed by atoms with Crippen LogP contribution in [0.4, 0.5) is 11.4 Å². The first-order chi connectivity index (χ1) is 14.0. The maximum Gasteiger partial charge on any atom is 0.335 e. The van der Waals surface area contributed by atoms with Crippen molar-refractivity contribution in [1.29, 1.82) is 0 Å². The van der Waals surface area contributed by atoms with Crippen molar-refractivity contribution in [3.8, 4) is 0 Å². The Balaban J connectivity index is 2.09. The standard InChI is InChI=1S/C17H13Cl3N4O5S/c18-17(19,20)15(22-13(25)10-2-1-3-12(8-10)24(28)29)23-16(30)21-11-6-4-9(5-7-11)14(26)27/h1-8,15H,(H,22,25)(H,26,27)(H2,21,23,30). The van der Waals surface area contributed by atoms with Crippen LogP contribution in [0.3, 0.4) is 0 Å². The van der Waals surface area contributed by atoms with E-state index in [9.17, 15) is 19.7 Å². The zero-order valence-electron chi connectivity index (χ0n) is 14.8. The minimum absolute atomic E-state index is 0.0200.